The Balaban J connectivity index is 1.22. The predicted octanol–water partition coefficient (Wildman–Crippen LogP) is 4.94. The number of nitrogens with zero attached hydrogens (tertiary/aromatic N) is 4. The van der Waals surface area contributed by atoms with Gasteiger partial charge in [0.25, 0.3) is 4.84 Å². The zero-order valence-corrected chi connectivity index (χ0v) is 20.2. The van der Waals surface area contributed by atoms with Gasteiger partial charge >= 0.3 is 0 Å². The Labute approximate surface area is 212 Å². The summed E-state index contributed by atoms with van der Waals surface area (Å²) in [5.74, 6) is 1.18. The number of aromatic nitrogens is 4. The fourth-order valence-corrected chi connectivity index (χ4v) is 4.44. The number of rotatable bonds is 6. The number of carbonyl (C=O) groups excluding carboxylic acids is 1. The number of carbonyl (C=O) groups is 1. The van der Waals surface area contributed by atoms with Crippen molar-refractivity contribution >= 4 is 29.0 Å². The van der Waals surface area contributed by atoms with Gasteiger partial charge in [-0.1, -0.05) is 42.5 Å². The summed E-state index contributed by atoms with van der Waals surface area (Å²) in [4.78, 5) is 23.4. The van der Waals surface area contributed by atoms with E-state index in [1.165, 1.54) is 0 Å². The van der Waals surface area contributed by atoms with Crippen LogP contribution in [0.2, 0.25) is 0 Å². The third-order valence-corrected chi connectivity index (χ3v) is 6.52. The lowest BCUT2D eigenvalue weighted by atomic mass is 10.0. The lowest BCUT2D eigenvalue weighted by Crippen LogP contribution is -2.37. The van der Waals surface area contributed by atoms with Crippen LogP contribution >= 0.6 is 12.2 Å². The Hall–Kier alpha value is -3.92. The lowest BCUT2D eigenvalue weighted by molar-refractivity contribution is 0.0206. The van der Waals surface area contributed by atoms with E-state index in [-0.39, 0.29) is 5.78 Å². The van der Waals surface area contributed by atoms with E-state index in [4.69, 9.17) is 26.4 Å². The Morgan fingerprint density at radius 2 is 1.69 bits per heavy atom. The summed E-state index contributed by atoms with van der Waals surface area (Å²) in [5, 5.41) is 4.57. The zero-order chi connectivity index (χ0) is 24.5. The number of aromatic amines is 1. The molecule has 1 aliphatic heterocycles. The SMILES string of the molecule is O=C(c1ccccc1)c1ccc2nc(-c3ccc(-c4nn(CN5CCOCC5)c(=S)o4)cc3)[nH]c2c1. The molecule has 1 aliphatic rings. The molecule has 1 fully saturated rings. The molecule has 36 heavy (non-hydrogen) atoms. The van der Waals surface area contributed by atoms with Crippen LogP contribution in [0.4, 0.5) is 0 Å². The minimum absolute atomic E-state index is 0.0177. The van der Waals surface area contributed by atoms with Crippen LogP contribution in [0.15, 0.2) is 77.2 Å². The third kappa shape index (κ3) is 4.51. The highest BCUT2D eigenvalue weighted by Crippen LogP contribution is 2.25. The highest BCUT2D eigenvalue weighted by Gasteiger charge is 2.15. The molecule has 180 valence electrons. The largest absolute Gasteiger partial charge is 0.409 e. The highest BCUT2D eigenvalue weighted by molar-refractivity contribution is 7.71. The Bertz CT molecular complexity index is 1580. The predicted molar refractivity (Wildman–Crippen MR) is 138 cm³/mol. The van der Waals surface area contributed by atoms with Gasteiger partial charge in [0.1, 0.15) is 5.82 Å². The molecule has 0 aliphatic carbocycles. The molecule has 1 N–H and O–H groups in total. The molecule has 0 bridgehead atoms. The van der Waals surface area contributed by atoms with Crippen LogP contribution in [0.5, 0.6) is 0 Å². The molecule has 2 aromatic heterocycles. The van der Waals surface area contributed by atoms with Gasteiger partial charge < -0.3 is 14.1 Å². The molecular weight excluding hydrogens is 474 g/mol. The molecule has 0 saturated carbocycles. The molecule has 0 amide bonds. The maximum atomic E-state index is 12.8. The lowest BCUT2D eigenvalue weighted by Gasteiger charge is -2.25. The molecule has 5 aromatic rings. The molecule has 0 unspecified atom stereocenters. The number of hydrogen-bond donors (Lipinski definition) is 1. The number of hydrogen-bond acceptors (Lipinski definition) is 7. The van der Waals surface area contributed by atoms with E-state index in [0.29, 0.717) is 41.7 Å². The normalized spacial score (nSPS) is 14.3. The zero-order valence-electron chi connectivity index (χ0n) is 19.4. The van der Waals surface area contributed by atoms with Gasteiger partial charge in [0.05, 0.1) is 30.9 Å². The first-order chi connectivity index (χ1) is 17.6. The first-order valence-corrected chi connectivity index (χ1v) is 12.1. The van der Waals surface area contributed by atoms with Gasteiger partial charge in [-0.05, 0) is 42.5 Å². The smallest absolute Gasteiger partial charge is 0.288 e. The number of ketones is 1. The van der Waals surface area contributed by atoms with Gasteiger partial charge in [0.2, 0.25) is 5.89 Å². The molecule has 9 heteroatoms. The Kier molecular flexibility index (Phi) is 6.02. The van der Waals surface area contributed by atoms with Gasteiger partial charge in [-0.2, -0.15) is 0 Å². The first-order valence-electron chi connectivity index (χ1n) is 11.7. The van der Waals surface area contributed by atoms with Crippen LogP contribution in [0.1, 0.15) is 15.9 Å². The monoisotopic (exact) mass is 497 g/mol. The van der Waals surface area contributed by atoms with Crippen LogP contribution < -0.4 is 0 Å². The molecule has 1 saturated heterocycles. The maximum Gasteiger partial charge on any atom is 0.288 e. The second kappa shape index (κ2) is 9.62. The number of benzene rings is 3. The average molecular weight is 498 g/mol. The fraction of sp³-hybridized carbons (Fsp3) is 0.185. The Morgan fingerprint density at radius 3 is 2.47 bits per heavy atom. The maximum absolute atomic E-state index is 12.8. The quantitative estimate of drug-likeness (QED) is 0.263. The van der Waals surface area contributed by atoms with Crippen molar-refractivity contribution < 1.29 is 13.9 Å². The number of fused-ring (bicyclic) bond motifs is 1. The Morgan fingerprint density at radius 1 is 0.944 bits per heavy atom. The number of H-pyrrole nitrogens is 1. The van der Waals surface area contributed by atoms with E-state index in [1.807, 2.05) is 72.8 Å². The molecular formula is C27H23N5O3S. The third-order valence-electron chi connectivity index (χ3n) is 6.23. The number of imidazole rings is 1. The van der Waals surface area contributed by atoms with Gasteiger partial charge in [0, 0.05) is 35.3 Å². The van der Waals surface area contributed by atoms with E-state index in [1.54, 1.807) is 4.68 Å². The minimum Gasteiger partial charge on any atom is -0.409 e. The van der Waals surface area contributed by atoms with Crippen molar-refractivity contribution in [3.8, 4) is 22.8 Å². The molecule has 6 rings (SSSR count). The van der Waals surface area contributed by atoms with Crippen LogP contribution in [0.25, 0.3) is 33.9 Å². The summed E-state index contributed by atoms with van der Waals surface area (Å²) in [6.45, 7) is 3.70. The summed E-state index contributed by atoms with van der Waals surface area (Å²) in [6, 6.07) is 22.6. The second-order valence-electron chi connectivity index (χ2n) is 8.63. The topological polar surface area (TPSA) is 89.2 Å². The molecule has 3 aromatic carbocycles. The van der Waals surface area contributed by atoms with Crippen molar-refractivity contribution in [2.45, 2.75) is 6.67 Å². The van der Waals surface area contributed by atoms with Gasteiger partial charge in [-0.25, -0.2) is 9.67 Å². The highest BCUT2D eigenvalue weighted by atomic mass is 32.1. The summed E-state index contributed by atoms with van der Waals surface area (Å²) in [6.07, 6.45) is 0. The number of morpholine rings is 1. The average Bonchev–Trinajstić information content (AvgIpc) is 3.52. The van der Waals surface area contributed by atoms with Crippen molar-refractivity contribution in [2.24, 2.45) is 0 Å². The van der Waals surface area contributed by atoms with Crippen LogP contribution in [0, 0.1) is 4.84 Å². The summed E-state index contributed by atoms with van der Waals surface area (Å²) in [5.41, 5.74) is 4.63. The van der Waals surface area contributed by atoms with Crippen LogP contribution in [-0.4, -0.2) is 56.7 Å². The number of ether oxygens (including phenoxy) is 1. The fourth-order valence-electron chi connectivity index (χ4n) is 4.26. The summed E-state index contributed by atoms with van der Waals surface area (Å²) >= 11 is 5.38. The van der Waals surface area contributed by atoms with Crippen molar-refractivity contribution in [1.29, 1.82) is 0 Å². The van der Waals surface area contributed by atoms with Gasteiger partial charge in [-0.3, -0.25) is 9.69 Å². The van der Waals surface area contributed by atoms with E-state index in [2.05, 4.69) is 15.0 Å². The van der Waals surface area contributed by atoms with Crippen molar-refractivity contribution in [3.63, 3.8) is 0 Å². The van der Waals surface area contributed by atoms with Gasteiger partial charge in [0.15, 0.2) is 5.78 Å². The standard InChI is InChI=1S/C27H23N5O3S/c33-24(18-4-2-1-3-5-18)21-10-11-22-23(16-21)29-25(28-22)19-6-8-20(9-7-19)26-30-32(27(36)35-26)17-31-12-14-34-15-13-31/h1-11,16H,12-15,17H2,(H,28,29). The number of nitrogens with one attached hydrogen (secondary N) is 1. The molecule has 0 atom stereocenters. The van der Waals surface area contributed by atoms with Gasteiger partial charge in [-0.15, -0.1) is 5.10 Å². The second-order valence-corrected chi connectivity index (χ2v) is 8.98. The van der Waals surface area contributed by atoms with E-state index in [9.17, 15) is 4.79 Å². The van der Waals surface area contributed by atoms with E-state index < -0.39 is 0 Å². The van der Waals surface area contributed by atoms with Crippen molar-refractivity contribution in [1.82, 2.24) is 24.6 Å². The van der Waals surface area contributed by atoms with Crippen LogP contribution in [0.3, 0.4) is 0 Å². The molecule has 0 spiro atoms. The summed E-state index contributed by atoms with van der Waals surface area (Å²) < 4.78 is 12.9. The van der Waals surface area contributed by atoms with E-state index >= 15 is 0 Å². The van der Waals surface area contributed by atoms with Crippen LogP contribution in [-0.2, 0) is 11.4 Å². The first kappa shape index (κ1) is 22.5. The molecule has 3 heterocycles. The van der Waals surface area contributed by atoms with Crippen molar-refractivity contribution in [3.05, 3.63) is 88.8 Å². The van der Waals surface area contributed by atoms with E-state index in [0.717, 1.165) is 41.1 Å². The minimum atomic E-state index is -0.0177. The molecule has 0 radical (unpaired) electrons. The van der Waals surface area contributed by atoms with Crippen molar-refractivity contribution in [2.75, 3.05) is 26.3 Å². The molecule has 8 nitrogen and oxygen atoms in total. The summed E-state index contributed by atoms with van der Waals surface area (Å²) in [7, 11) is 0.